The van der Waals surface area contributed by atoms with Gasteiger partial charge in [-0.3, -0.25) is 0 Å². The van der Waals surface area contributed by atoms with Crippen LogP contribution in [-0.4, -0.2) is 6.71 Å². The largest absolute Gasteiger partial charge is 0.458 e. The number of rotatable bonds is 7. The van der Waals surface area contributed by atoms with Crippen molar-refractivity contribution in [2.45, 2.75) is 157 Å². The van der Waals surface area contributed by atoms with E-state index in [9.17, 15) is 0 Å². The third-order valence-electron chi connectivity index (χ3n) is 17.7. The first kappa shape index (κ1) is 56.9. The predicted molar refractivity (Wildman–Crippen MR) is 367 cm³/mol. The molecule has 6 heteroatoms. The quantitative estimate of drug-likeness (QED) is 0.148. The summed E-state index contributed by atoms with van der Waals surface area (Å²) in [7, 11) is 0. The Balaban J connectivity index is 1.12. The van der Waals surface area contributed by atoms with Crippen LogP contribution >= 0.6 is 11.3 Å². The molecule has 9 aromatic carbocycles. The van der Waals surface area contributed by atoms with Gasteiger partial charge in [-0.05, 0) is 185 Å². The summed E-state index contributed by atoms with van der Waals surface area (Å²) in [5.74, 6) is 1.80. The second kappa shape index (κ2) is 20.1. The Kier molecular flexibility index (Phi) is 13.6. The lowest BCUT2D eigenvalue weighted by Crippen LogP contribution is -2.60. The van der Waals surface area contributed by atoms with Crippen molar-refractivity contribution in [3.05, 3.63) is 215 Å². The maximum absolute atomic E-state index is 7.41. The lowest BCUT2D eigenvalue weighted by molar-refractivity contribution is 0.483. The van der Waals surface area contributed by atoms with Crippen LogP contribution in [0, 0.1) is 0 Å². The van der Waals surface area contributed by atoms with E-state index in [0.717, 1.165) is 62.5 Å². The zero-order valence-electron chi connectivity index (χ0n) is 53.1. The van der Waals surface area contributed by atoms with E-state index >= 15 is 0 Å². The molecule has 3 heterocycles. The van der Waals surface area contributed by atoms with Gasteiger partial charge in [0.05, 0.1) is 5.69 Å². The highest BCUT2D eigenvalue weighted by atomic mass is 32.1. The van der Waals surface area contributed by atoms with E-state index in [-0.39, 0.29) is 39.2 Å². The Morgan fingerprint density at radius 3 is 1.30 bits per heavy atom. The summed E-state index contributed by atoms with van der Waals surface area (Å²) in [6.07, 6.45) is 0. The lowest BCUT2D eigenvalue weighted by Gasteiger charge is -2.42. The standard InChI is InChI=1S/C78H84BN3OS/c1-73(2,3)49-23-32-55(33-24-49)80(56-34-25-50(26-35-56)74(4,5)6)59-40-42-67-63(46-59)79-62-43-53(77(13,14)15)31-41-64(62)82(66-44-54(78(16,17)18)45-68(83-67)72(66)79)60-47-65(71-61-21-19-20-22-69(61)84-70(71)48-60)81(57-36-27-51(28-37-57)75(7,8)9)58-38-29-52(30-39-58)76(10,11)12/h19-48H,1-18H3. The monoisotopic (exact) mass is 1120 g/mol. The van der Waals surface area contributed by atoms with Gasteiger partial charge in [0, 0.05) is 65.7 Å². The molecule has 0 radical (unpaired) electrons. The van der Waals surface area contributed by atoms with E-state index in [1.165, 1.54) is 70.2 Å². The predicted octanol–water partition coefficient (Wildman–Crippen LogP) is 21.2. The number of thiophene rings is 1. The normalized spacial score (nSPS) is 13.6. The van der Waals surface area contributed by atoms with Crippen molar-refractivity contribution in [1.82, 2.24) is 0 Å². The molecule has 0 fully saturated rings. The summed E-state index contributed by atoms with van der Waals surface area (Å²) in [6.45, 7) is 41.4. The van der Waals surface area contributed by atoms with Crippen molar-refractivity contribution < 1.29 is 4.74 Å². The number of anilines is 9. The first-order valence-electron chi connectivity index (χ1n) is 30.3. The van der Waals surface area contributed by atoms with Gasteiger partial charge < -0.3 is 19.4 Å². The van der Waals surface area contributed by atoms with E-state index < -0.39 is 0 Å². The van der Waals surface area contributed by atoms with Crippen LogP contribution in [0.1, 0.15) is 158 Å². The third-order valence-corrected chi connectivity index (χ3v) is 18.8. The highest BCUT2D eigenvalue weighted by Gasteiger charge is 2.44. The molecule has 2 aliphatic rings. The second-order valence-electron chi connectivity index (χ2n) is 30.1. The smallest absolute Gasteiger partial charge is 0.256 e. The summed E-state index contributed by atoms with van der Waals surface area (Å²) in [5, 5.41) is 2.51. The zero-order chi connectivity index (χ0) is 59.8. The fourth-order valence-corrected chi connectivity index (χ4v) is 13.7. The molecule has 10 aromatic rings. The molecule has 1 aromatic heterocycles. The highest BCUT2D eigenvalue weighted by molar-refractivity contribution is 7.26. The van der Waals surface area contributed by atoms with Crippen molar-refractivity contribution >= 4 is 106 Å². The summed E-state index contributed by atoms with van der Waals surface area (Å²) < 4.78 is 9.92. The lowest BCUT2D eigenvalue weighted by atomic mass is 9.34. The van der Waals surface area contributed by atoms with Crippen molar-refractivity contribution in [2.75, 3.05) is 14.7 Å². The Morgan fingerprint density at radius 1 is 0.357 bits per heavy atom. The molecule has 0 amide bonds. The van der Waals surface area contributed by atoms with Gasteiger partial charge in [-0.15, -0.1) is 11.3 Å². The minimum Gasteiger partial charge on any atom is -0.458 e. The zero-order valence-corrected chi connectivity index (χ0v) is 53.9. The van der Waals surface area contributed by atoms with E-state index in [2.05, 4.69) is 321 Å². The molecular formula is C78H84BN3OS. The Labute approximate surface area is 506 Å². The van der Waals surface area contributed by atoms with Gasteiger partial charge in [-0.25, -0.2) is 0 Å². The van der Waals surface area contributed by atoms with Gasteiger partial charge in [0.2, 0.25) is 0 Å². The number of fused-ring (bicyclic) bond motifs is 7. The number of benzene rings is 9. The van der Waals surface area contributed by atoms with E-state index in [1.807, 2.05) is 11.3 Å². The summed E-state index contributed by atoms with van der Waals surface area (Å²) in [6, 6.07) is 70.0. The van der Waals surface area contributed by atoms with Crippen LogP contribution < -0.4 is 35.8 Å². The molecule has 12 rings (SSSR count). The first-order chi connectivity index (χ1) is 39.4. The van der Waals surface area contributed by atoms with Crippen LogP contribution in [0.3, 0.4) is 0 Å². The van der Waals surface area contributed by atoms with Crippen LogP contribution in [0.2, 0.25) is 0 Å². The molecule has 4 nitrogen and oxygen atoms in total. The van der Waals surface area contributed by atoms with Crippen LogP contribution in [0.25, 0.3) is 20.2 Å². The average Bonchev–Trinajstić information content (AvgIpc) is 0.961. The molecule has 0 saturated carbocycles. The van der Waals surface area contributed by atoms with Crippen LogP contribution in [0.15, 0.2) is 182 Å². The number of ether oxygens (including phenoxy) is 1. The average molecular weight is 1120 g/mol. The van der Waals surface area contributed by atoms with Crippen LogP contribution in [0.4, 0.5) is 51.2 Å². The van der Waals surface area contributed by atoms with E-state index in [0.29, 0.717) is 0 Å². The summed E-state index contributed by atoms with van der Waals surface area (Å²) in [5.41, 5.74) is 21.2. The molecule has 0 bridgehead atoms. The Bertz CT molecular complexity index is 4030. The molecule has 0 aliphatic carbocycles. The molecule has 0 unspecified atom stereocenters. The number of nitrogens with zero attached hydrogens (tertiary/aromatic N) is 3. The fourth-order valence-electron chi connectivity index (χ4n) is 12.5. The van der Waals surface area contributed by atoms with Gasteiger partial charge in [0.15, 0.2) is 0 Å². The molecule has 2 aliphatic heterocycles. The Morgan fingerprint density at radius 2 is 0.810 bits per heavy atom. The van der Waals surface area contributed by atoms with E-state index in [4.69, 9.17) is 4.74 Å². The van der Waals surface area contributed by atoms with Gasteiger partial charge in [0.1, 0.15) is 11.5 Å². The topological polar surface area (TPSA) is 19.0 Å². The molecule has 0 N–H and O–H groups in total. The van der Waals surface area contributed by atoms with Crippen LogP contribution in [0.5, 0.6) is 11.5 Å². The van der Waals surface area contributed by atoms with Crippen LogP contribution in [-0.2, 0) is 32.5 Å². The molecule has 0 atom stereocenters. The maximum atomic E-state index is 7.41. The fraction of sp³-hybridized carbons (Fsp3) is 0.308. The highest BCUT2D eigenvalue weighted by Crippen LogP contribution is 2.52. The Hall–Kier alpha value is -7.54. The molecule has 84 heavy (non-hydrogen) atoms. The molecular weight excluding hydrogens is 1040 g/mol. The van der Waals surface area contributed by atoms with Crippen molar-refractivity contribution in [1.29, 1.82) is 0 Å². The number of hydrogen-bond acceptors (Lipinski definition) is 5. The van der Waals surface area contributed by atoms with Crippen molar-refractivity contribution in [3.8, 4) is 11.5 Å². The SMILES string of the molecule is CC(C)(C)c1ccc(N(c2ccc(C(C)(C)C)cc2)c2ccc3c(c2)B2c4cc(C(C)(C)C)ccc4N(c4cc(N(c5ccc(C(C)(C)C)cc5)c5ccc(C(C)(C)C)cc5)c5c(c4)sc4ccccc45)c4cc(C(C)(C)C)cc(c42)O3)cc1. The van der Waals surface area contributed by atoms with Crippen molar-refractivity contribution in [2.24, 2.45) is 0 Å². The minimum absolute atomic E-state index is 0.00345. The molecule has 0 saturated heterocycles. The second-order valence-corrected chi connectivity index (χ2v) is 31.2. The summed E-state index contributed by atoms with van der Waals surface area (Å²) >= 11 is 1.88. The number of hydrogen-bond donors (Lipinski definition) is 0. The van der Waals surface area contributed by atoms with Gasteiger partial charge in [-0.2, -0.15) is 0 Å². The van der Waals surface area contributed by atoms with E-state index in [1.54, 1.807) is 0 Å². The van der Waals surface area contributed by atoms with Gasteiger partial charge >= 0.3 is 0 Å². The van der Waals surface area contributed by atoms with Crippen molar-refractivity contribution in [3.63, 3.8) is 0 Å². The minimum atomic E-state index is -0.183. The maximum Gasteiger partial charge on any atom is 0.256 e. The summed E-state index contributed by atoms with van der Waals surface area (Å²) in [4.78, 5) is 7.53. The van der Waals surface area contributed by atoms with Gasteiger partial charge in [0.25, 0.3) is 6.71 Å². The van der Waals surface area contributed by atoms with Gasteiger partial charge in [-0.1, -0.05) is 203 Å². The third kappa shape index (κ3) is 10.3. The first-order valence-corrected chi connectivity index (χ1v) is 31.2. The molecule has 426 valence electrons. The molecule has 0 spiro atoms.